The van der Waals surface area contributed by atoms with E-state index in [0.717, 1.165) is 13.1 Å². The van der Waals surface area contributed by atoms with Crippen LogP contribution in [-0.2, 0) is 25.8 Å². The van der Waals surface area contributed by atoms with E-state index in [-0.39, 0.29) is 25.8 Å². The summed E-state index contributed by atoms with van der Waals surface area (Å²) in [4.78, 5) is 0. The SMILES string of the molecule is C1CC[N-]C1.[Hf]. The maximum atomic E-state index is 4.08. The molecule has 1 fully saturated rings. The first kappa shape index (κ1) is 6.83. The molecule has 1 saturated heterocycles. The Morgan fingerprint density at radius 1 is 1.00 bits per heavy atom. The quantitative estimate of drug-likeness (QED) is 0.571. The second-order valence-electron chi connectivity index (χ2n) is 1.38. The average molecular weight is 249 g/mol. The molecule has 0 aliphatic carbocycles. The van der Waals surface area contributed by atoms with E-state index in [0.29, 0.717) is 0 Å². The minimum atomic E-state index is 0. The molecule has 0 atom stereocenters. The summed E-state index contributed by atoms with van der Waals surface area (Å²) in [5.41, 5.74) is 0. The minimum absolute atomic E-state index is 0. The third kappa shape index (κ3) is 2.08. The molecule has 0 spiro atoms. The summed E-state index contributed by atoms with van der Waals surface area (Å²) in [6, 6.07) is 0. The summed E-state index contributed by atoms with van der Waals surface area (Å²) in [7, 11) is 0. The molecule has 0 N–H and O–H groups in total. The number of rotatable bonds is 0. The van der Waals surface area contributed by atoms with E-state index in [9.17, 15) is 0 Å². The molecule has 1 aliphatic rings. The summed E-state index contributed by atoms with van der Waals surface area (Å²) in [5, 5.41) is 4.08. The molecule has 1 aliphatic heterocycles. The van der Waals surface area contributed by atoms with Gasteiger partial charge in [-0.3, -0.25) is 0 Å². The fraction of sp³-hybridized carbons (Fsp3) is 1.00. The van der Waals surface area contributed by atoms with E-state index in [1.165, 1.54) is 12.8 Å². The molecule has 34 valence electrons. The summed E-state index contributed by atoms with van der Waals surface area (Å²) in [6.07, 6.45) is 2.67. The molecule has 0 amide bonds. The molecular formula is C4H8HfN-. The average Bonchev–Trinajstić information content (AvgIpc) is 1.76. The van der Waals surface area contributed by atoms with E-state index >= 15 is 0 Å². The predicted molar refractivity (Wildman–Crippen MR) is 22.3 cm³/mol. The van der Waals surface area contributed by atoms with E-state index in [1.54, 1.807) is 0 Å². The Morgan fingerprint density at radius 3 is 1.67 bits per heavy atom. The van der Waals surface area contributed by atoms with Crippen LogP contribution in [0.1, 0.15) is 12.8 Å². The normalized spacial score (nSPS) is 20.0. The molecule has 0 aromatic heterocycles. The zero-order chi connectivity index (χ0) is 3.54. The van der Waals surface area contributed by atoms with Crippen LogP contribution in [0.15, 0.2) is 0 Å². The second-order valence-corrected chi connectivity index (χ2v) is 1.38. The van der Waals surface area contributed by atoms with Crippen molar-refractivity contribution in [1.29, 1.82) is 0 Å². The van der Waals surface area contributed by atoms with Gasteiger partial charge in [0.05, 0.1) is 0 Å². The van der Waals surface area contributed by atoms with Crippen LogP contribution in [0.25, 0.3) is 5.32 Å². The molecular weight excluding hydrogens is 241 g/mol. The Hall–Kier alpha value is 0.830. The van der Waals surface area contributed by atoms with Gasteiger partial charge in [0, 0.05) is 25.8 Å². The van der Waals surface area contributed by atoms with E-state index in [1.807, 2.05) is 0 Å². The van der Waals surface area contributed by atoms with Crippen molar-refractivity contribution in [2.75, 3.05) is 13.1 Å². The first-order valence-corrected chi connectivity index (χ1v) is 2.13. The third-order valence-corrected chi connectivity index (χ3v) is 0.882. The maximum absolute atomic E-state index is 4.08. The van der Waals surface area contributed by atoms with Crippen molar-refractivity contribution in [1.82, 2.24) is 0 Å². The summed E-state index contributed by atoms with van der Waals surface area (Å²) < 4.78 is 0. The fourth-order valence-electron chi connectivity index (χ4n) is 0.559. The number of nitrogens with zero attached hydrogens (tertiary/aromatic N) is 1. The van der Waals surface area contributed by atoms with Crippen LogP contribution in [-0.4, -0.2) is 13.1 Å². The smallest absolute Gasteiger partial charge is 0 e. The van der Waals surface area contributed by atoms with Gasteiger partial charge in [0.15, 0.2) is 0 Å². The van der Waals surface area contributed by atoms with Gasteiger partial charge in [0.2, 0.25) is 0 Å². The van der Waals surface area contributed by atoms with Crippen molar-refractivity contribution in [2.24, 2.45) is 0 Å². The van der Waals surface area contributed by atoms with Gasteiger partial charge in [-0.1, -0.05) is 12.8 Å². The number of hydrogen-bond donors (Lipinski definition) is 0. The minimum Gasteiger partial charge on any atom is -0.662 e. The standard InChI is InChI=1S/C4H8N.Hf/c1-2-4-5-3-1;/h1-4H2;/q-1;. The van der Waals surface area contributed by atoms with E-state index in [4.69, 9.17) is 0 Å². The van der Waals surface area contributed by atoms with Crippen LogP contribution < -0.4 is 0 Å². The topological polar surface area (TPSA) is 14.1 Å². The first-order valence-electron chi connectivity index (χ1n) is 2.13. The van der Waals surface area contributed by atoms with Gasteiger partial charge < -0.3 is 5.32 Å². The zero-order valence-electron chi connectivity index (χ0n) is 3.78. The van der Waals surface area contributed by atoms with Crippen molar-refractivity contribution in [3.63, 3.8) is 0 Å². The molecule has 0 aromatic carbocycles. The first-order chi connectivity index (χ1) is 2.50. The van der Waals surface area contributed by atoms with Crippen molar-refractivity contribution >= 4 is 0 Å². The molecule has 2 heteroatoms. The zero-order valence-corrected chi connectivity index (χ0v) is 7.37. The van der Waals surface area contributed by atoms with Gasteiger partial charge in [-0.25, -0.2) is 0 Å². The fourth-order valence-corrected chi connectivity index (χ4v) is 0.559. The van der Waals surface area contributed by atoms with E-state index < -0.39 is 0 Å². The van der Waals surface area contributed by atoms with Gasteiger partial charge in [0.25, 0.3) is 0 Å². The molecule has 1 nitrogen and oxygen atoms in total. The summed E-state index contributed by atoms with van der Waals surface area (Å²) in [6.45, 7) is 2.25. The van der Waals surface area contributed by atoms with Gasteiger partial charge in [0.1, 0.15) is 0 Å². The summed E-state index contributed by atoms with van der Waals surface area (Å²) >= 11 is 0. The molecule has 6 heavy (non-hydrogen) atoms. The molecule has 0 unspecified atom stereocenters. The van der Waals surface area contributed by atoms with Crippen molar-refractivity contribution in [2.45, 2.75) is 12.8 Å². The second kappa shape index (κ2) is 4.00. The van der Waals surface area contributed by atoms with Crippen LogP contribution >= 0.6 is 0 Å². The van der Waals surface area contributed by atoms with Gasteiger partial charge >= 0.3 is 0 Å². The predicted octanol–water partition coefficient (Wildman–Crippen LogP) is 1.15. The van der Waals surface area contributed by atoms with E-state index in [2.05, 4.69) is 5.32 Å². The molecule has 0 aromatic rings. The van der Waals surface area contributed by atoms with Gasteiger partial charge in [-0.2, -0.15) is 0 Å². The van der Waals surface area contributed by atoms with Crippen LogP contribution in [0.5, 0.6) is 0 Å². The number of hydrogen-bond acceptors (Lipinski definition) is 0. The summed E-state index contributed by atoms with van der Waals surface area (Å²) in [5.74, 6) is 0. The Labute approximate surface area is 57.3 Å². The maximum Gasteiger partial charge on any atom is 0 e. The van der Waals surface area contributed by atoms with Gasteiger partial charge in [-0.05, 0) is 0 Å². The Balaban J connectivity index is 0.000000250. The van der Waals surface area contributed by atoms with Crippen LogP contribution in [0.4, 0.5) is 0 Å². The Morgan fingerprint density at radius 2 is 1.50 bits per heavy atom. The monoisotopic (exact) mass is 250 g/mol. The van der Waals surface area contributed by atoms with Crippen LogP contribution in [0.3, 0.4) is 0 Å². The van der Waals surface area contributed by atoms with Crippen LogP contribution in [0.2, 0.25) is 0 Å². The van der Waals surface area contributed by atoms with Crippen molar-refractivity contribution in [3.8, 4) is 0 Å². The van der Waals surface area contributed by atoms with Crippen molar-refractivity contribution < 1.29 is 25.8 Å². The molecule has 1 heterocycles. The van der Waals surface area contributed by atoms with Gasteiger partial charge in [-0.15, -0.1) is 13.1 Å². The Kier molecular flexibility index (Phi) is 4.56. The Bertz CT molecular complexity index is 19.1. The molecule has 0 bridgehead atoms. The van der Waals surface area contributed by atoms with Crippen LogP contribution in [0, 0.1) is 0 Å². The molecule has 1 rings (SSSR count). The molecule has 0 radical (unpaired) electrons. The largest absolute Gasteiger partial charge is 0.662 e. The molecule has 0 saturated carbocycles. The van der Waals surface area contributed by atoms with Crippen molar-refractivity contribution in [3.05, 3.63) is 5.32 Å². The third-order valence-electron chi connectivity index (χ3n) is 0.882.